The van der Waals surface area contributed by atoms with Crippen LogP contribution >= 0.6 is 11.3 Å². The Kier molecular flexibility index (Phi) is 4.41. The smallest absolute Gasteiger partial charge is 0.218 e. The molecule has 0 aliphatic heterocycles. The zero-order chi connectivity index (χ0) is 10.5. The van der Waals surface area contributed by atoms with Crippen LogP contribution in [0.5, 0.6) is 0 Å². The van der Waals surface area contributed by atoms with E-state index < -0.39 is 9.04 Å². The van der Waals surface area contributed by atoms with Gasteiger partial charge in [0.05, 0.1) is 0 Å². The molecule has 1 aromatic heterocycles. The molecule has 0 amide bonds. The van der Waals surface area contributed by atoms with Gasteiger partial charge in [0.2, 0.25) is 9.04 Å². The highest BCUT2D eigenvalue weighted by atomic mass is 32.1. The van der Waals surface area contributed by atoms with Crippen molar-refractivity contribution in [3.8, 4) is 0 Å². The van der Waals surface area contributed by atoms with E-state index in [1.165, 1.54) is 42.6 Å². The van der Waals surface area contributed by atoms with Crippen LogP contribution in [0.4, 0.5) is 0 Å². The molecule has 0 radical (unpaired) electrons. The third-order valence-electron chi connectivity index (χ3n) is 3.42. The van der Waals surface area contributed by atoms with Crippen LogP contribution in [0, 0.1) is 5.92 Å². The average molecular weight is 240 g/mol. The first-order valence-electron chi connectivity index (χ1n) is 5.96. The molecular weight excluding hydrogens is 220 g/mol. The lowest BCUT2D eigenvalue weighted by Gasteiger charge is -2.24. The van der Waals surface area contributed by atoms with Crippen molar-refractivity contribution in [3.05, 3.63) is 17.5 Å². The molecule has 0 saturated heterocycles. The Bertz CT molecular complexity index is 267. The van der Waals surface area contributed by atoms with Crippen molar-refractivity contribution in [2.24, 2.45) is 5.92 Å². The summed E-state index contributed by atoms with van der Waals surface area (Å²) in [5.74, 6) is 0.956. The Morgan fingerprint density at radius 3 is 2.80 bits per heavy atom. The second-order valence-electron chi connectivity index (χ2n) is 4.48. The fraction of sp³-hybridized carbons (Fsp3) is 0.667. The zero-order valence-electron chi connectivity index (χ0n) is 9.45. The van der Waals surface area contributed by atoms with Crippen LogP contribution in [-0.2, 0) is 4.43 Å². The van der Waals surface area contributed by atoms with E-state index in [1.807, 2.05) is 18.4 Å². The average Bonchev–Trinajstić information content (AvgIpc) is 2.81. The summed E-state index contributed by atoms with van der Waals surface area (Å²) >= 11 is 1.88. The van der Waals surface area contributed by atoms with Crippen molar-refractivity contribution in [1.29, 1.82) is 0 Å². The third kappa shape index (κ3) is 3.16. The van der Waals surface area contributed by atoms with Crippen molar-refractivity contribution in [2.45, 2.75) is 38.1 Å². The summed E-state index contributed by atoms with van der Waals surface area (Å²) in [7, 11) is 0.825. The molecule has 0 aromatic carbocycles. The van der Waals surface area contributed by atoms with Crippen molar-refractivity contribution in [1.82, 2.24) is 0 Å². The maximum atomic E-state index is 5.75. The number of hydrogen-bond donors (Lipinski definition) is 0. The molecule has 1 aliphatic carbocycles. The van der Waals surface area contributed by atoms with E-state index in [4.69, 9.17) is 4.43 Å². The van der Waals surface area contributed by atoms with Gasteiger partial charge in [-0.1, -0.05) is 44.2 Å². The van der Waals surface area contributed by atoms with Gasteiger partial charge in [-0.2, -0.15) is 11.3 Å². The zero-order valence-corrected chi connectivity index (χ0v) is 11.4. The van der Waals surface area contributed by atoms with Gasteiger partial charge in [0.1, 0.15) is 0 Å². The van der Waals surface area contributed by atoms with Gasteiger partial charge in [-0.15, -0.1) is 0 Å². The molecule has 0 spiro atoms. The van der Waals surface area contributed by atoms with E-state index in [0.717, 1.165) is 5.92 Å². The molecule has 2 rings (SSSR count). The summed E-state index contributed by atoms with van der Waals surface area (Å²) < 4.78 is 7.28. The molecule has 1 unspecified atom stereocenters. The largest absolute Gasteiger partial charge is 0.418 e. The van der Waals surface area contributed by atoms with Crippen LogP contribution in [-0.4, -0.2) is 16.2 Å². The highest BCUT2D eigenvalue weighted by Gasteiger charge is 2.22. The highest BCUT2D eigenvalue weighted by molar-refractivity contribution is 7.21. The predicted molar refractivity (Wildman–Crippen MR) is 69.5 cm³/mol. The number of rotatable bonds is 4. The molecule has 0 bridgehead atoms. The molecule has 3 heteroatoms. The van der Waals surface area contributed by atoms with Crippen molar-refractivity contribution in [2.75, 3.05) is 7.11 Å². The van der Waals surface area contributed by atoms with Crippen LogP contribution in [0.2, 0.25) is 6.04 Å². The predicted octanol–water partition coefficient (Wildman–Crippen LogP) is 2.91. The molecule has 1 fully saturated rings. The molecule has 1 aromatic rings. The molecule has 1 atom stereocenters. The minimum absolute atomic E-state index is 0.956. The Labute approximate surface area is 98.2 Å². The Morgan fingerprint density at radius 2 is 2.20 bits per heavy atom. The first-order chi connectivity index (χ1) is 7.40. The molecule has 1 saturated carbocycles. The maximum Gasteiger partial charge on any atom is 0.218 e. The van der Waals surface area contributed by atoms with Crippen molar-refractivity contribution >= 4 is 24.9 Å². The minimum atomic E-state index is -1.08. The molecule has 0 N–H and O–H groups in total. The van der Waals surface area contributed by atoms with E-state index in [2.05, 4.69) is 17.5 Å². The standard InChI is InChI=1S/C12H20OSSi/c1-13-15(12-8-5-9-14-12)10-11-6-3-2-4-7-11/h5,8-9,11,15H,2-4,6-7,10H2,1H3. The lowest BCUT2D eigenvalue weighted by atomic mass is 9.91. The monoisotopic (exact) mass is 240 g/mol. The van der Waals surface area contributed by atoms with Gasteiger partial charge in [-0.25, -0.2) is 0 Å². The van der Waals surface area contributed by atoms with E-state index in [1.54, 1.807) is 0 Å². The fourth-order valence-electron chi connectivity index (χ4n) is 2.53. The second-order valence-corrected chi connectivity index (χ2v) is 8.42. The van der Waals surface area contributed by atoms with Gasteiger partial charge >= 0.3 is 0 Å². The quantitative estimate of drug-likeness (QED) is 0.735. The molecule has 15 heavy (non-hydrogen) atoms. The number of thiophene rings is 1. The van der Waals surface area contributed by atoms with Crippen molar-refractivity contribution in [3.63, 3.8) is 0 Å². The topological polar surface area (TPSA) is 9.23 Å². The van der Waals surface area contributed by atoms with Gasteiger partial charge in [-0.05, 0) is 17.3 Å². The van der Waals surface area contributed by atoms with Gasteiger partial charge in [-0.3, -0.25) is 0 Å². The van der Waals surface area contributed by atoms with Gasteiger partial charge in [0.15, 0.2) is 0 Å². The summed E-state index contributed by atoms with van der Waals surface area (Å²) in [6.45, 7) is 0. The van der Waals surface area contributed by atoms with Crippen molar-refractivity contribution < 1.29 is 4.43 Å². The molecule has 1 aliphatic rings. The first kappa shape index (κ1) is 11.4. The SMILES string of the molecule is CO[SiH](CC1CCCCC1)c1cccs1. The summed E-state index contributed by atoms with van der Waals surface area (Å²) in [6.07, 6.45) is 7.23. The minimum Gasteiger partial charge on any atom is -0.418 e. The van der Waals surface area contributed by atoms with Crippen LogP contribution in [0.3, 0.4) is 0 Å². The van der Waals surface area contributed by atoms with Crippen LogP contribution in [0.25, 0.3) is 0 Å². The summed E-state index contributed by atoms with van der Waals surface area (Å²) in [6, 6.07) is 5.77. The lowest BCUT2D eigenvalue weighted by molar-refractivity contribution is 0.360. The molecule has 84 valence electrons. The normalized spacial score (nSPS) is 20.3. The van der Waals surface area contributed by atoms with E-state index in [9.17, 15) is 0 Å². The van der Waals surface area contributed by atoms with Crippen LogP contribution in [0.15, 0.2) is 17.5 Å². The van der Waals surface area contributed by atoms with Crippen LogP contribution < -0.4 is 4.50 Å². The fourth-order valence-corrected chi connectivity index (χ4v) is 6.48. The molecular formula is C12H20OSSi. The van der Waals surface area contributed by atoms with Gasteiger partial charge < -0.3 is 4.43 Å². The Hall–Kier alpha value is -0.123. The third-order valence-corrected chi connectivity index (χ3v) is 7.81. The van der Waals surface area contributed by atoms with Gasteiger partial charge in [0.25, 0.3) is 0 Å². The molecule has 1 nitrogen and oxygen atoms in total. The van der Waals surface area contributed by atoms with Gasteiger partial charge in [0, 0.05) is 11.6 Å². The highest BCUT2D eigenvalue weighted by Crippen LogP contribution is 2.28. The first-order valence-corrected chi connectivity index (χ1v) is 8.71. The summed E-state index contributed by atoms with van der Waals surface area (Å²) in [5, 5.41) is 2.18. The van der Waals surface area contributed by atoms with E-state index >= 15 is 0 Å². The summed E-state index contributed by atoms with van der Waals surface area (Å²) in [4.78, 5) is 0. The molecule has 1 heterocycles. The van der Waals surface area contributed by atoms with E-state index in [0.29, 0.717) is 0 Å². The Balaban J connectivity index is 1.90. The van der Waals surface area contributed by atoms with E-state index in [-0.39, 0.29) is 0 Å². The van der Waals surface area contributed by atoms with Crippen LogP contribution in [0.1, 0.15) is 32.1 Å². The second kappa shape index (κ2) is 5.82. The number of hydrogen-bond acceptors (Lipinski definition) is 2. The lowest BCUT2D eigenvalue weighted by Crippen LogP contribution is -2.32. The maximum absolute atomic E-state index is 5.75. The summed E-state index contributed by atoms with van der Waals surface area (Å²) in [5.41, 5.74) is 0. The Morgan fingerprint density at radius 1 is 1.40 bits per heavy atom.